The van der Waals surface area contributed by atoms with Crippen molar-refractivity contribution in [2.75, 3.05) is 20.8 Å². The Bertz CT molecular complexity index is 952. The summed E-state index contributed by atoms with van der Waals surface area (Å²) in [6, 6.07) is 10.6. The summed E-state index contributed by atoms with van der Waals surface area (Å²) in [4.78, 5) is 16.6. The number of methoxy groups -OCH3 is 2. The van der Waals surface area contributed by atoms with Gasteiger partial charge >= 0.3 is 5.97 Å². The van der Waals surface area contributed by atoms with Gasteiger partial charge in [-0.25, -0.2) is 9.79 Å². The minimum absolute atomic E-state index is 0.154. The zero-order valence-corrected chi connectivity index (χ0v) is 16.6. The average Bonchev–Trinajstić information content (AvgIpc) is 3.06. The van der Waals surface area contributed by atoms with Gasteiger partial charge in [0.2, 0.25) is 5.90 Å². The van der Waals surface area contributed by atoms with Crippen molar-refractivity contribution in [1.29, 1.82) is 0 Å². The zero-order chi connectivity index (χ0) is 20.1. The standard InChI is InChI=1S/C21H20ClNO5/c1-4-9-27-19-15(22)10-13(12-18(19)26-3)11-16-21(24)28-20(23-16)14-7-5-6-8-17(14)25-2/h5-8,10-12H,4,9H2,1-3H3/b16-11-. The third kappa shape index (κ3) is 4.12. The number of carbonyl (C=O) groups is 1. The first kappa shape index (κ1) is 19.8. The van der Waals surface area contributed by atoms with Crippen molar-refractivity contribution in [3.63, 3.8) is 0 Å². The van der Waals surface area contributed by atoms with Crippen LogP contribution in [0.15, 0.2) is 47.1 Å². The summed E-state index contributed by atoms with van der Waals surface area (Å²) >= 11 is 6.33. The van der Waals surface area contributed by atoms with Crippen molar-refractivity contribution in [3.05, 3.63) is 58.2 Å². The molecule has 0 bridgehead atoms. The van der Waals surface area contributed by atoms with Gasteiger partial charge in [-0.2, -0.15) is 0 Å². The third-order valence-corrected chi connectivity index (χ3v) is 4.24. The summed E-state index contributed by atoms with van der Waals surface area (Å²) in [5.74, 6) is 1.16. The molecule has 146 valence electrons. The Balaban J connectivity index is 1.96. The van der Waals surface area contributed by atoms with Crippen LogP contribution in [-0.4, -0.2) is 32.7 Å². The molecular weight excluding hydrogens is 382 g/mol. The number of hydrogen-bond donors (Lipinski definition) is 0. The Kier molecular flexibility index (Phi) is 6.21. The van der Waals surface area contributed by atoms with Gasteiger partial charge in [-0.3, -0.25) is 0 Å². The Morgan fingerprint density at radius 1 is 1.14 bits per heavy atom. The van der Waals surface area contributed by atoms with Crippen LogP contribution in [0.2, 0.25) is 5.02 Å². The summed E-state index contributed by atoms with van der Waals surface area (Å²) in [6.07, 6.45) is 2.43. The molecule has 0 aliphatic carbocycles. The molecule has 0 fully saturated rings. The van der Waals surface area contributed by atoms with Crippen molar-refractivity contribution in [2.24, 2.45) is 4.99 Å². The van der Waals surface area contributed by atoms with Crippen LogP contribution in [0, 0.1) is 0 Å². The van der Waals surface area contributed by atoms with Gasteiger partial charge in [-0.1, -0.05) is 30.7 Å². The van der Waals surface area contributed by atoms with Gasteiger partial charge in [0.1, 0.15) is 5.75 Å². The molecule has 0 amide bonds. The van der Waals surface area contributed by atoms with Crippen molar-refractivity contribution in [2.45, 2.75) is 13.3 Å². The fraction of sp³-hybridized carbons (Fsp3) is 0.238. The second-order valence-corrected chi connectivity index (χ2v) is 6.33. The number of hydrogen-bond acceptors (Lipinski definition) is 6. The normalized spacial score (nSPS) is 14.6. The second kappa shape index (κ2) is 8.80. The van der Waals surface area contributed by atoms with E-state index in [1.807, 2.05) is 19.1 Å². The molecule has 0 spiro atoms. The molecule has 1 heterocycles. The fourth-order valence-electron chi connectivity index (χ4n) is 2.67. The van der Waals surface area contributed by atoms with Crippen LogP contribution in [0.4, 0.5) is 0 Å². The molecule has 3 rings (SSSR count). The largest absolute Gasteiger partial charge is 0.496 e. The number of carbonyl (C=O) groups excluding carboxylic acids is 1. The number of benzene rings is 2. The number of para-hydroxylation sites is 1. The first-order valence-corrected chi connectivity index (χ1v) is 9.11. The zero-order valence-electron chi connectivity index (χ0n) is 15.8. The van der Waals surface area contributed by atoms with Crippen LogP contribution in [0.25, 0.3) is 6.08 Å². The fourth-order valence-corrected chi connectivity index (χ4v) is 2.94. The summed E-state index contributed by atoms with van der Waals surface area (Å²) in [5.41, 5.74) is 1.39. The maximum Gasteiger partial charge on any atom is 0.363 e. The molecule has 0 unspecified atom stereocenters. The molecule has 1 aliphatic heterocycles. The number of cyclic esters (lactones) is 1. The molecule has 1 aliphatic rings. The Morgan fingerprint density at radius 3 is 2.61 bits per heavy atom. The van der Waals surface area contributed by atoms with Crippen LogP contribution in [0.5, 0.6) is 17.2 Å². The lowest BCUT2D eigenvalue weighted by molar-refractivity contribution is -0.129. The summed E-state index contributed by atoms with van der Waals surface area (Å²) in [6.45, 7) is 2.53. The van der Waals surface area contributed by atoms with E-state index in [9.17, 15) is 4.79 Å². The average molecular weight is 402 g/mol. The monoisotopic (exact) mass is 401 g/mol. The van der Waals surface area contributed by atoms with E-state index >= 15 is 0 Å². The Morgan fingerprint density at radius 2 is 1.89 bits per heavy atom. The molecular formula is C21H20ClNO5. The highest BCUT2D eigenvalue weighted by molar-refractivity contribution is 6.32. The van der Waals surface area contributed by atoms with E-state index in [4.69, 9.17) is 30.5 Å². The molecule has 6 nitrogen and oxygen atoms in total. The highest BCUT2D eigenvalue weighted by atomic mass is 35.5. The predicted octanol–water partition coefficient (Wildman–Crippen LogP) is 4.49. The molecule has 7 heteroatoms. The van der Waals surface area contributed by atoms with Crippen LogP contribution in [0.1, 0.15) is 24.5 Å². The van der Waals surface area contributed by atoms with E-state index in [1.54, 1.807) is 37.5 Å². The first-order chi connectivity index (χ1) is 13.6. The van der Waals surface area contributed by atoms with E-state index in [0.717, 1.165) is 6.42 Å². The van der Waals surface area contributed by atoms with Gasteiger partial charge in [0.05, 0.1) is 31.4 Å². The number of aliphatic imine (C=N–C) groups is 1. The minimum Gasteiger partial charge on any atom is -0.496 e. The van der Waals surface area contributed by atoms with E-state index in [-0.39, 0.29) is 11.6 Å². The number of ether oxygens (including phenoxy) is 4. The molecule has 0 saturated carbocycles. The lowest BCUT2D eigenvalue weighted by atomic mass is 10.1. The number of rotatable bonds is 7. The Hall–Kier alpha value is -2.99. The lowest BCUT2D eigenvalue weighted by Crippen LogP contribution is -2.06. The summed E-state index contributed by atoms with van der Waals surface area (Å²) in [5, 5.41) is 0.389. The Labute approximate surface area is 168 Å². The molecule has 0 aromatic heterocycles. The smallest absolute Gasteiger partial charge is 0.363 e. The maximum absolute atomic E-state index is 12.3. The van der Waals surface area contributed by atoms with Crippen LogP contribution >= 0.6 is 11.6 Å². The third-order valence-electron chi connectivity index (χ3n) is 3.96. The number of halogens is 1. The van der Waals surface area contributed by atoms with Gasteiger partial charge in [-0.05, 0) is 42.3 Å². The van der Waals surface area contributed by atoms with Gasteiger partial charge in [0.25, 0.3) is 0 Å². The van der Waals surface area contributed by atoms with Gasteiger partial charge in [0, 0.05) is 0 Å². The maximum atomic E-state index is 12.3. The molecule has 2 aromatic carbocycles. The second-order valence-electron chi connectivity index (χ2n) is 5.92. The SMILES string of the molecule is CCCOc1c(Cl)cc(/C=C2\N=C(c3ccccc3OC)OC2=O)cc1OC. The van der Waals surface area contributed by atoms with Crippen LogP contribution in [-0.2, 0) is 9.53 Å². The van der Waals surface area contributed by atoms with Gasteiger partial charge < -0.3 is 18.9 Å². The number of nitrogens with zero attached hydrogens (tertiary/aromatic N) is 1. The molecule has 0 saturated heterocycles. The van der Waals surface area contributed by atoms with Crippen LogP contribution < -0.4 is 14.2 Å². The minimum atomic E-state index is -0.553. The highest BCUT2D eigenvalue weighted by Gasteiger charge is 2.26. The molecule has 2 aromatic rings. The predicted molar refractivity (Wildman–Crippen MR) is 107 cm³/mol. The van der Waals surface area contributed by atoms with E-state index in [0.29, 0.717) is 40.0 Å². The first-order valence-electron chi connectivity index (χ1n) is 8.73. The summed E-state index contributed by atoms with van der Waals surface area (Å²) in [7, 11) is 3.08. The van der Waals surface area contributed by atoms with Crippen LogP contribution in [0.3, 0.4) is 0 Å². The quantitative estimate of drug-likeness (QED) is 0.505. The molecule has 28 heavy (non-hydrogen) atoms. The van der Waals surface area contributed by atoms with E-state index in [2.05, 4.69) is 4.99 Å². The highest BCUT2D eigenvalue weighted by Crippen LogP contribution is 2.37. The van der Waals surface area contributed by atoms with Gasteiger partial charge in [0.15, 0.2) is 17.2 Å². The van der Waals surface area contributed by atoms with Crippen molar-refractivity contribution < 1.29 is 23.7 Å². The summed E-state index contributed by atoms with van der Waals surface area (Å²) < 4.78 is 21.6. The van der Waals surface area contributed by atoms with Crippen molar-refractivity contribution in [1.82, 2.24) is 0 Å². The lowest BCUT2D eigenvalue weighted by Gasteiger charge is -2.12. The van der Waals surface area contributed by atoms with Crippen molar-refractivity contribution >= 4 is 29.5 Å². The molecule has 0 radical (unpaired) electrons. The molecule has 0 N–H and O–H groups in total. The topological polar surface area (TPSA) is 66.3 Å². The van der Waals surface area contributed by atoms with Gasteiger partial charge in [-0.15, -0.1) is 0 Å². The number of esters is 1. The molecule has 0 atom stereocenters. The van der Waals surface area contributed by atoms with E-state index < -0.39 is 5.97 Å². The van der Waals surface area contributed by atoms with Crippen molar-refractivity contribution in [3.8, 4) is 17.2 Å². The van der Waals surface area contributed by atoms with E-state index in [1.165, 1.54) is 7.11 Å².